The predicted octanol–water partition coefficient (Wildman–Crippen LogP) is 2.65. The number of amides is 2. The molecule has 0 aliphatic carbocycles. The summed E-state index contributed by atoms with van der Waals surface area (Å²) in [6, 6.07) is 10.1. The van der Waals surface area contributed by atoms with Gasteiger partial charge >= 0.3 is 0 Å². The molecule has 160 valence electrons. The van der Waals surface area contributed by atoms with Crippen molar-refractivity contribution in [3.63, 3.8) is 0 Å². The maximum Gasteiger partial charge on any atom is 0.223 e. The molecule has 1 aromatic carbocycles. The van der Waals surface area contributed by atoms with Crippen molar-refractivity contribution in [1.29, 1.82) is 0 Å². The van der Waals surface area contributed by atoms with Crippen LogP contribution in [0.25, 0.3) is 0 Å². The second kappa shape index (κ2) is 11.4. The SMILES string of the molecule is O=C1CCN(Cc2cccnc2)CCCC(C(=O)NCc2ccc(F)cc2)CCN1. The van der Waals surface area contributed by atoms with Gasteiger partial charge in [-0.05, 0) is 55.1 Å². The molecular weight excluding hydrogens is 383 g/mol. The Morgan fingerprint density at radius 3 is 2.77 bits per heavy atom. The topological polar surface area (TPSA) is 74.3 Å². The minimum atomic E-state index is -0.292. The highest BCUT2D eigenvalue weighted by molar-refractivity contribution is 5.79. The molecular formula is C23H29FN4O2. The van der Waals surface area contributed by atoms with Crippen molar-refractivity contribution in [2.75, 3.05) is 19.6 Å². The van der Waals surface area contributed by atoms with Crippen LogP contribution in [0.15, 0.2) is 48.8 Å². The molecule has 1 unspecified atom stereocenters. The van der Waals surface area contributed by atoms with E-state index >= 15 is 0 Å². The lowest BCUT2D eigenvalue weighted by Gasteiger charge is -2.22. The highest BCUT2D eigenvalue weighted by Gasteiger charge is 2.20. The van der Waals surface area contributed by atoms with E-state index in [1.807, 2.05) is 18.3 Å². The molecule has 0 bridgehead atoms. The zero-order valence-electron chi connectivity index (χ0n) is 17.1. The average molecular weight is 413 g/mol. The van der Waals surface area contributed by atoms with Gasteiger partial charge in [0.1, 0.15) is 5.82 Å². The fraction of sp³-hybridized carbons (Fsp3) is 0.435. The Kier molecular flexibility index (Phi) is 8.32. The van der Waals surface area contributed by atoms with Gasteiger partial charge in [-0.15, -0.1) is 0 Å². The van der Waals surface area contributed by atoms with E-state index in [2.05, 4.69) is 20.5 Å². The summed E-state index contributed by atoms with van der Waals surface area (Å²) in [5.74, 6) is -0.464. The number of pyridine rings is 1. The number of carbonyl (C=O) groups excluding carboxylic acids is 2. The fourth-order valence-corrected chi connectivity index (χ4v) is 3.66. The molecule has 1 aliphatic rings. The quantitative estimate of drug-likeness (QED) is 0.792. The summed E-state index contributed by atoms with van der Waals surface area (Å²) in [7, 11) is 0. The van der Waals surface area contributed by atoms with Crippen molar-refractivity contribution in [2.24, 2.45) is 5.92 Å². The lowest BCUT2D eigenvalue weighted by Crippen LogP contribution is -2.33. The fourth-order valence-electron chi connectivity index (χ4n) is 3.66. The van der Waals surface area contributed by atoms with E-state index in [1.165, 1.54) is 12.1 Å². The van der Waals surface area contributed by atoms with E-state index in [0.717, 1.165) is 37.1 Å². The lowest BCUT2D eigenvalue weighted by molar-refractivity contribution is -0.126. The molecule has 6 nitrogen and oxygen atoms in total. The third kappa shape index (κ3) is 7.22. The monoisotopic (exact) mass is 412 g/mol. The van der Waals surface area contributed by atoms with Gasteiger partial charge in [-0.2, -0.15) is 0 Å². The van der Waals surface area contributed by atoms with Crippen LogP contribution >= 0.6 is 0 Å². The molecule has 1 aliphatic heterocycles. The zero-order chi connectivity index (χ0) is 21.2. The van der Waals surface area contributed by atoms with E-state index in [0.29, 0.717) is 32.5 Å². The normalized spacial score (nSPS) is 18.8. The Morgan fingerprint density at radius 2 is 2.00 bits per heavy atom. The molecule has 0 spiro atoms. The smallest absolute Gasteiger partial charge is 0.223 e. The van der Waals surface area contributed by atoms with Crippen molar-refractivity contribution in [1.82, 2.24) is 20.5 Å². The number of benzene rings is 1. The van der Waals surface area contributed by atoms with Gasteiger partial charge in [0.25, 0.3) is 0 Å². The van der Waals surface area contributed by atoms with Crippen LogP contribution in [0, 0.1) is 11.7 Å². The predicted molar refractivity (Wildman–Crippen MR) is 113 cm³/mol. The number of hydrogen-bond donors (Lipinski definition) is 2. The van der Waals surface area contributed by atoms with Gasteiger partial charge in [-0.3, -0.25) is 19.5 Å². The van der Waals surface area contributed by atoms with E-state index in [4.69, 9.17) is 0 Å². The Balaban J connectivity index is 1.55. The van der Waals surface area contributed by atoms with Crippen molar-refractivity contribution < 1.29 is 14.0 Å². The molecule has 2 aromatic rings. The summed E-state index contributed by atoms with van der Waals surface area (Å²) < 4.78 is 13.0. The lowest BCUT2D eigenvalue weighted by atomic mass is 9.98. The van der Waals surface area contributed by atoms with Crippen molar-refractivity contribution in [2.45, 2.75) is 38.8 Å². The van der Waals surface area contributed by atoms with Crippen LogP contribution in [0.3, 0.4) is 0 Å². The molecule has 2 heterocycles. The second-order valence-electron chi connectivity index (χ2n) is 7.71. The molecule has 2 N–H and O–H groups in total. The maximum absolute atomic E-state index is 13.0. The highest BCUT2D eigenvalue weighted by Crippen LogP contribution is 2.15. The van der Waals surface area contributed by atoms with Gasteiger partial charge in [0, 0.05) is 50.9 Å². The summed E-state index contributed by atoms with van der Waals surface area (Å²) in [6.45, 7) is 3.11. The molecule has 0 radical (unpaired) electrons. The number of carbonyl (C=O) groups is 2. The molecule has 3 rings (SSSR count). The molecule has 0 saturated carbocycles. The molecule has 2 amide bonds. The average Bonchev–Trinajstić information content (AvgIpc) is 2.79. The van der Waals surface area contributed by atoms with Crippen molar-refractivity contribution >= 4 is 11.8 Å². The number of aromatic nitrogens is 1. The molecule has 7 heteroatoms. The van der Waals surface area contributed by atoms with E-state index < -0.39 is 0 Å². The van der Waals surface area contributed by atoms with Crippen LogP contribution < -0.4 is 10.6 Å². The van der Waals surface area contributed by atoms with Gasteiger partial charge in [0.15, 0.2) is 0 Å². The Bertz CT molecular complexity index is 814. The molecule has 1 saturated heterocycles. The van der Waals surface area contributed by atoms with Crippen LogP contribution in [0.5, 0.6) is 0 Å². The number of nitrogens with zero attached hydrogens (tertiary/aromatic N) is 2. The molecule has 30 heavy (non-hydrogen) atoms. The van der Waals surface area contributed by atoms with Crippen LogP contribution in [0.1, 0.15) is 36.8 Å². The Morgan fingerprint density at radius 1 is 1.17 bits per heavy atom. The highest BCUT2D eigenvalue weighted by atomic mass is 19.1. The summed E-state index contributed by atoms with van der Waals surface area (Å²) in [5.41, 5.74) is 1.97. The maximum atomic E-state index is 13.0. The number of rotatable bonds is 5. The van der Waals surface area contributed by atoms with E-state index in [9.17, 15) is 14.0 Å². The van der Waals surface area contributed by atoms with Crippen LogP contribution in [0.4, 0.5) is 4.39 Å². The second-order valence-corrected chi connectivity index (χ2v) is 7.71. The van der Waals surface area contributed by atoms with Gasteiger partial charge in [-0.25, -0.2) is 4.39 Å². The molecule has 1 atom stereocenters. The summed E-state index contributed by atoms with van der Waals surface area (Å²) in [5, 5.41) is 5.88. The third-order valence-electron chi connectivity index (χ3n) is 5.38. The first-order chi connectivity index (χ1) is 14.6. The van der Waals surface area contributed by atoms with Crippen molar-refractivity contribution in [3.05, 3.63) is 65.7 Å². The summed E-state index contributed by atoms with van der Waals surface area (Å²) in [6.07, 6.45) is 6.29. The van der Waals surface area contributed by atoms with Gasteiger partial charge in [0.2, 0.25) is 11.8 Å². The summed E-state index contributed by atoms with van der Waals surface area (Å²) >= 11 is 0. The number of hydrogen-bond acceptors (Lipinski definition) is 4. The third-order valence-corrected chi connectivity index (χ3v) is 5.38. The van der Waals surface area contributed by atoms with Crippen LogP contribution in [0.2, 0.25) is 0 Å². The first kappa shape index (κ1) is 21.9. The first-order valence-electron chi connectivity index (χ1n) is 10.5. The largest absolute Gasteiger partial charge is 0.356 e. The van der Waals surface area contributed by atoms with E-state index in [-0.39, 0.29) is 23.5 Å². The van der Waals surface area contributed by atoms with Gasteiger partial charge in [-0.1, -0.05) is 18.2 Å². The van der Waals surface area contributed by atoms with Gasteiger partial charge < -0.3 is 10.6 Å². The van der Waals surface area contributed by atoms with Crippen molar-refractivity contribution in [3.8, 4) is 0 Å². The first-order valence-corrected chi connectivity index (χ1v) is 10.5. The molecule has 1 aromatic heterocycles. The number of nitrogens with one attached hydrogen (secondary N) is 2. The van der Waals surface area contributed by atoms with Gasteiger partial charge in [0.05, 0.1) is 0 Å². The Hall–Kier alpha value is -2.80. The molecule has 1 fully saturated rings. The number of halogens is 1. The van der Waals surface area contributed by atoms with Crippen LogP contribution in [-0.4, -0.2) is 41.3 Å². The Labute approximate surface area is 176 Å². The standard InChI is InChI=1S/C23H29FN4O2/c24-21-7-5-18(6-8-21)16-27-23(30)20-4-2-13-28(14-10-22(29)26-12-9-20)17-19-3-1-11-25-15-19/h1,3,5-8,11,15,20H,2,4,9-10,12-14,16-17H2,(H,26,29)(H,27,30). The van der Waals surface area contributed by atoms with E-state index in [1.54, 1.807) is 18.3 Å². The minimum Gasteiger partial charge on any atom is -0.356 e. The zero-order valence-corrected chi connectivity index (χ0v) is 17.1. The minimum absolute atomic E-state index is 0.0126. The summed E-state index contributed by atoms with van der Waals surface area (Å²) in [4.78, 5) is 31.3. The van der Waals surface area contributed by atoms with Crippen LogP contribution in [-0.2, 0) is 22.7 Å².